The number of rotatable bonds is 9. The fourth-order valence-electron chi connectivity index (χ4n) is 3.87. The molecular weight excluding hydrogens is 440 g/mol. The van der Waals surface area contributed by atoms with Crippen molar-refractivity contribution in [1.29, 1.82) is 0 Å². The van der Waals surface area contributed by atoms with Crippen LogP contribution in [-0.2, 0) is 16.0 Å². The van der Waals surface area contributed by atoms with Crippen molar-refractivity contribution >= 4 is 17.9 Å². The highest BCUT2D eigenvalue weighted by Gasteiger charge is 2.42. The summed E-state index contributed by atoms with van der Waals surface area (Å²) in [5.74, 6) is 0. The number of aliphatic hydroxyl groups excluding tert-OH is 1. The van der Waals surface area contributed by atoms with Crippen LogP contribution in [0.1, 0.15) is 40.5 Å². The minimum absolute atomic E-state index is 0.245. The van der Waals surface area contributed by atoms with Crippen LogP contribution in [0.4, 0.5) is 15.3 Å². The molecule has 1 fully saturated rings. The summed E-state index contributed by atoms with van der Waals surface area (Å²) in [4.78, 5) is 25.7. The van der Waals surface area contributed by atoms with Gasteiger partial charge in [0.15, 0.2) is 0 Å². The summed E-state index contributed by atoms with van der Waals surface area (Å²) in [6.45, 7) is 8.09. The first-order chi connectivity index (χ1) is 16.1. The van der Waals surface area contributed by atoms with E-state index >= 15 is 0 Å². The number of cyclic esters (lactones) is 1. The first-order valence-electron chi connectivity index (χ1n) is 11.4. The quantitative estimate of drug-likeness (QED) is 0.470. The fourth-order valence-corrected chi connectivity index (χ4v) is 3.87. The molecule has 1 aromatic carbocycles. The largest absolute Gasteiger partial charge is 0.444 e. The number of nitrogens with two attached hydrogens (primary N) is 1. The molecular formula is C23H34N6O5. The third-order valence-electron chi connectivity index (χ3n) is 5.32. The summed E-state index contributed by atoms with van der Waals surface area (Å²) in [6, 6.07) is 6.66. The Morgan fingerprint density at radius 3 is 2.74 bits per heavy atom. The summed E-state index contributed by atoms with van der Waals surface area (Å²) in [6.07, 6.45) is 1.77. The van der Waals surface area contributed by atoms with Crippen LogP contribution in [0.25, 0.3) is 11.3 Å². The lowest BCUT2D eigenvalue weighted by Gasteiger charge is -2.26. The molecule has 0 saturated carbocycles. The number of benzene rings is 1. The molecule has 2 amide bonds. The van der Waals surface area contributed by atoms with Gasteiger partial charge in [0.1, 0.15) is 17.4 Å². The molecule has 3 atom stereocenters. The van der Waals surface area contributed by atoms with Gasteiger partial charge in [0, 0.05) is 30.4 Å². The fraction of sp³-hybridized carbons (Fsp3) is 0.565. The molecule has 3 rings (SSSR count). The number of aliphatic hydroxyl groups is 1. The Kier molecular flexibility index (Phi) is 8.11. The minimum atomic E-state index is -0.592. The van der Waals surface area contributed by atoms with Gasteiger partial charge in [0.2, 0.25) is 0 Å². The molecule has 2 aromatic rings. The van der Waals surface area contributed by atoms with E-state index in [2.05, 4.69) is 15.6 Å². The van der Waals surface area contributed by atoms with Crippen molar-refractivity contribution in [3.63, 3.8) is 0 Å². The van der Waals surface area contributed by atoms with E-state index in [1.165, 1.54) is 0 Å². The zero-order chi connectivity index (χ0) is 24.9. The Hall–Kier alpha value is -3.18. The van der Waals surface area contributed by atoms with Crippen LogP contribution in [0.2, 0.25) is 0 Å². The van der Waals surface area contributed by atoms with Gasteiger partial charge < -0.3 is 20.3 Å². The summed E-state index contributed by atoms with van der Waals surface area (Å²) < 4.78 is 12.2. The van der Waals surface area contributed by atoms with Crippen molar-refractivity contribution in [2.45, 2.75) is 70.9 Å². The molecule has 1 aliphatic rings. The Labute approximate surface area is 199 Å². The number of unbranched alkanes of at least 4 members (excludes halogenated alkanes) is 1. The lowest BCUT2D eigenvalue weighted by molar-refractivity contribution is 0.0635. The van der Waals surface area contributed by atoms with Crippen molar-refractivity contribution in [3.8, 4) is 11.3 Å². The average molecular weight is 475 g/mol. The predicted octanol–water partition coefficient (Wildman–Crippen LogP) is 2.60. The van der Waals surface area contributed by atoms with Crippen LogP contribution in [0, 0.1) is 0 Å². The number of aromatic nitrogens is 3. The van der Waals surface area contributed by atoms with Crippen molar-refractivity contribution < 1.29 is 24.2 Å². The molecule has 186 valence electrons. The van der Waals surface area contributed by atoms with E-state index in [1.54, 1.807) is 43.3 Å². The highest BCUT2D eigenvalue weighted by Crippen LogP contribution is 2.23. The molecule has 0 spiro atoms. The van der Waals surface area contributed by atoms with Crippen molar-refractivity contribution in [2.75, 3.05) is 18.5 Å². The molecule has 34 heavy (non-hydrogen) atoms. The Morgan fingerprint density at radius 1 is 1.32 bits per heavy atom. The van der Waals surface area contributed by atoms with Crippen LogP contribution < -0.4 is 11.1 Å². The van der Waals surface area contributed by atoms with Gasteiger partial charge in [0.05, 0.1) is 18.8 Å². The first-order valence-corrected chi connectivity index (χ1v) is 11.4. The number of hydrogen-bond acceptors (Lipinski definition) is 8. The molecule has 0 radical (unpaired) electrons. The van der Waals surface area contributed by atoms with E-state index in [0.717, 1.165) is 18.4 Å². The smallest absolute Gasteiger partial charge is 0.412 e. The number of ether oxygens (including phenoxy) is 2. The second-order valence-corrected chi connectivity index (χ2v) is 9.43. The summed E-state index contributed by atoms with van der Waals surface area (Å²) in [5, 5.41) is 20.6. The second kappa shape index (κ2) is 10.8. The van der Waals surface area contributed by atoms with Gasteiger partial charge in [0.25, 0.3) is 0 Å². The molecule has 2 heterocycles. The maximum atomic E-state index is 12.1. The van der Waals surface area contributed by atoms with Gasteiger partial charge in [-0.3, -0.25) is 14.9 Å². The first kappa shape index (κ1) is 25.4. The molecule has 0 aliphatic carbocycles. The normalized spacial score (nSPS) is 19.1. The molecule has 1 saturated heterocycles. The van der Waals surface area contributed by atoms with Crippen molar-refractivity contribution in [2.24, 2.45) is 5.73 Å². The third-order valence-corrected chi connectivity index (χ3v) is 5.32. The second-order valence-electron chi connectivity index (χ2n) is 9.43. The Morgan fingerprint density at radius 2 is 2.06 bits per heavy atom. The summed E-state index contributed by atoms with van der Waals surface area (Å²) >= 11 is 0. The monoisotopic (exact) mass is 474 g/mol. The van der Waals surface area contributed by atoms with E-state index in [4.69, 9.17) is 15.2 Å². The maximum absolute atomic E-state index is 12.1. The number of amides is 2. The van der Waals surface area contributed by atoms with Gasteiger partial charge >= 0.3 is 12.2 Å². The lowest BCUT2D eigenvalue weighted by atomic mass is 10.0. The van der Waals surface area contributed by atoms with Crippen LogP contribution in [0.5, 0.6) is 0 Å². The van der Waals surface area contributed by atoms with E-state index in [0.29, 0.717) is 24.5 Å². The SMILES string of the molecule is CC(N)C1C(CO)OC(=O)N1CCCCn1cc(-c2cccc(NC(=O)OC(C)(C)C)c2)nn1. The van der Waals surface area contributed by atoms with Gasteiger partial charge in [-0.25, -0.2) is 9.59 Å². The number of hydrogen-bond donors (Lipinski definition) is 3. The van der Waals surface area contributed by atoms with Gasteiger partial charge in [-0.15, -0.1) is 5.10 Å². The van der Waals surface area contributed by atoms with Crippen molar-refractivity contribution in [1.82, 2.24) is 19.9 Å². The maximum Gasteiger partial charge on any atom is 0.412 e. The molecule has 3 unspecified atom stereocenters. The molecule has 1 aromatic heterocycles. The topological polar surface area (TPSA) is 145 Å². The predicted molar refractivity (Wildman–Crippen MR) is 126 cm³/mol. The highest BCUT2D eigenvalue weighted by molar-refractivity contribution is 5.86. The van der Waals surface area contributed by atoms with E-state index < -0.39 is 23.9 Å². The van der Waals surface area contributed by atoms with E-state index in [9.17, 15) is 14.7 Å². The number of nitrogens with one attached hydrogen (secondary N) is 1. The van der Waals surface area contributed by atoms with Gasteiger partial charge in [-0.1, -0.05) is 17.3 Å². The molecule has 1 aliphatic heterocycles. The van der Waals surface area contributed by atoms with E-state index in [1.807, 2.05) is 24.4 Å². The van der Waals surface area contributed by atoms with Gasteiger partial charge in [-0.05, 0) is 52.7 Å². The minimum Gasteiger partial charge on any atom is -0.444 e. The number of carbonyl (C=O) groups excluding carboxylic acids is 2. The van der Waals surface area contributed by atoms with Crippen LogP contribution in [-0.4, -0.2) is 74.1 Å². The Bertz CT molecular complexity index is 986. The van der Waals surface area contributed by atoms with Crippen molar-refractivity contribution in [3.05, 3.63) is 30.5 Å². The number of anilines is 1. The summed E-state index contributed by atoms with van der Waals surface area (Å²) in [5.41, 5.74) is 7.51. The van der Waals surface area contributed by atoms with Crippen LogP contribution >= 0.6 is 0 Å². The zero-order valence-corrected chi connectivity index (χ0v) is 20.1. The number of carbonyl (C=O) groups is 2. The third kappa shape index (κ3) is 6.67. The van der Waals surface area contributed by atoms with Crippen LogP contribution in [0.15, 0.2) is 30.5 Å². The Balaban J connectivity index is 1.52. The standard InChI is InChI=1S/C23H34N6O5/c1-15(24)20-19(14-30)33-22(32)29(20)11-6-5-10-28-13-18(26-27-28)16-8-7-9-17(12-16)25-21(31)34-23(2,3)4/h7-9,12-13,15,19-20,30H,5-6,10-11,14,24H2,1-4H3,(H,25,31). The summed E-state index contributed by atoms with van der Waals surface area (Å²) in [7, 11) is 0. The van der Waals surface area contributed by atoms with Crippen LogP contribution in [0.3, 0.4) is 0 Å². The number of nitrogens with zero attached hydrogens (tertiary/aromatic N) is 4. The molecule has 11 nitrogen and oxygen atoms in total. The number of aryl methyl sites for hydroxylation is 1. The molecule has 4 N–H and O–H groups in total. The zero-order valence-electron chi connectivity index (χ0n) is 20.1. The van der Waals surface area contributed by atoms with E-state index in [-0.39, 0.29) is 18.7 Å². The van der Waals surface area contributed by atoms with Gasteiger partial charge in [-0.2, -0.15) is 0 Å². The lowest BCUT2D eigenvalue weighted by Crippen LogP contribution is -2.49. The molecule has 0 bridgehead atoms. The highest BCUT2D eigenvalue weighted by atomic mass is 16.6. The average Bonchev–Trinajstić information content (AvgIpc) is 3.34. The molecule has 11 heteroatoms.